The minimum Gasteiger partial charge on any atom is -0.294 e. The fourth-order valence-corrected chi connectivity index (χ4v) is 4.50. The maximum absolute atomic E-state index is 12.8. The Morgan fingerprint density at radius 3 is 2.20 bits per heavy atom. The van der Waals surface area contributed by atoms with Crippen LogP contribution in [-0.2, 0) is 22.7 Å². The highest BCUT2D eigenvalue weighted by Crippen LogP contribution is 2.22. The number of Topliss-reactive ketones (excluding diaryl/α,β-unsaturated/α-hetero) is 1. The number of benzene rings is 2. The lowest BCUT2D eigenvalue weighted by atomic mass is 10.0. The van der Waals surface area contributed by atoms with Gasteiger partial charge in [0.1, 0.15) is 0 Å². The Morgan fingerprint density at radius 2 is 1.57 bits per heavy atom. The monoisotopic (exact) mass is 419 g/mol. The van der Waals surface area contributed by atoms with E-state index in [9.17, 15) is 13.2 Å². The topological polar surface area (TPSA) is 81.4 Å². The van der Waals surface area contributed by atoms with Crippen molar-refractivity contribution in [1.82, 2.24) is 14.4 Å². The summed E-state index contributed by atoms with van der Waals surface area (Å²) in [4.78, 5) is 21.2. The smallest absolute Gasteiger partial charge is 0.233 e. The Bertz CT molecular complexity index is 1290. The van der Waals surface area contributed by atoms with Gasteiger partial charge in [-0.15, -0.1) is 0 Å². The number of sulfone groups is 1. The van der Waals surface area contributed by atoms with E-state index in [1.807, 2.05) is 19.1 Å². The van der Waals surface area contributed by atoms with Gasteiger partial charge in [-0.3, -0.25) is 9.20 Å². The van der Waals surface area contributed by atoms with Crippen LogP contribution in [0, 0.1) is 0 Å². The Hall–Kier alpha value is -3.32. The minimum absolute atomic E-state index is 0.0224. The van der Waals surface area contributed by atoms with Crippen molar-refractivity contribution < 1.29 is 13.2 Å². The zero-order chi connectivity index (χ0) is 21.1. The highest BCUT2D eigenvalue weighted by Gasteiger charge is 2.17. The molecule has 4 aromatic rings. The van der Waals surface area contributed by atoms with Crippen LogP contribution in [0.1, 0.15) is 34.8 Å². The average molecular weight is 420 g/mol. The molecule has 0 bridgehead atoms. The first-order valence-electron chi connectivity index (χ1n) is 9.72. The van der Waals surface area contributed by atoms with Crippen molar-refractivity contribution >= 4 is 21.4 Å². The van der Waals surface area contributed by atoms with Gasteiger partial charge in [-0.1, -0.05) is 31.2 Å². The van der Waals surface area contributed by atoms with E-state index >= 15 is 0 Å². The minimum atomic E-state index is -3.55. The summed E-state index contributed by atoms with van der Waals surface area (Å²) in [5.41, 5.74) is 2.52. The molecular formula is C23H21N3O3S. The molecule has 0 unspecified atom stereocenters. The quantitative estimate of drug-likeness (QED) is 0.424. The SMILES string of the molecule is CCc1ccc(S(=O)(=O)c2ccc(CCC(=O)c3cnc4nccn4c3)cc2)cc1. The molecule has 152 valence electrons. The van der Waals surface area contributed by atoms with Gasteiger partial charge in [-0.25, -0.2) is 18.4 Å². The molecule has 0 spiro atoms. The molecule has 6 nitrogen and oxygen atoms in total. The van der Waals surface area contributed by atoms with Gasteiger partial charge in [0.2, 0.25) is 15.6 Å². The normalized spacial score (nSPS) is 11.6. The van der Waals surface area contributed by atoms with E-state index in [4.69, 9.17) is 0 Å². The molecule has 0 atom stereocenters. The van der Waals surface area contributed by atoms with Gasteiger partial charge in [0.15, 0.2) is 5.78 Å². The molecule has 4 rings (SSSR count). The first-order chi connectivity index (χ1) is 14.5. The molecule has 0 saturated carbocycles. The summed E-state index contributed by atoms with van der Waals surface area (Å²) in [6.45, 7) is 2.03. The second-order valence-corrected chi connectivity index (χ2v) is 8.99. The fourth-order valence-electron chi connectivity index (χ4n) is 3.24. The van der Waals surface area contributed by atoms with Crippen LogP contribution in [0.15, 0.2) is 83.1 Å². The largest absolute Gasteiger partial charge is 0.294 e. The molecule has 0 aliphatic carbocycles. The number of imidazole rings is 1. The molecular weight excluding hydrogens is 398 g/mol. The van der Waals surface area contributed by atoms with Crippen LogP contribution < -0.4 is 0 Å². The van der Waals surface area contributed by atoms with E-state index in [0.29, 0.717) is 24.2 Å². The summed E-state index contributed by atoms with van der Waals surface area (Å²) in [5, 5.41) is 0. The van der Waals surface area contributed by atoms with Crippen molar-refractivity contribution in [3.05, 3.63) is 90.0 Å². The van der Waals surface area contributed by atoms with E-state index in [-0.39, 0.29) is 15.6 Å². The number of nitrogens with zero attached hydrogens (tertiary/aromatic N) is 3. The van der Waals surface area contributed by atoms with Crippen LogP contribution in [0.2, 0.25) is 0 Å². The van der Waals surface area contributed by atoms with Gasteiger partial charge in [0.25, 0.3) is 0 Å². The van der Waals surface area contributed by atoms with Crippen molar-refractivity contribution in [3.8, 4) is 0 Å². The van der Waals surface area contributed by atoms with Gasteiger partial charge in [-0.05, 0) is 48.2 Å². The van der Waals surface area contributed by atoms with Crippen LogP contribution in [-0.4, -0.2) is 28.6 Å². The highest BCUT2D eigenvalue weighted by molar-refractivity contribution is 7.91. The predicted octanol–water partition coefficient (Wildman–Crippen LogP) is 3.94. The van der Waals surface area contributed by atoms with Crippen molar-refractivity contribution in [2.75, 3.05) is 0 Å². The summed E-state index contributed by atoms with van der Waals surface area (Å²) in [7, 11) is -3.55. The zero-order valence-electron chi connectivity index (χ0n) is 16.5. The summed E-state index contributed by atoms with van der Waals surface area (Å²) < 4.78 is 27.3. The molecule has 0 saturated heterocycles. The van der Waals surface area contributed by atoms with Crippen molar-refractivity contribution in [2.45, 2.75) is 36.0 Å². The van der Waals surface area contributed by atoms with Gasteiger partial charge in [0.05, 0.1) is 15.4 Å². The van der Waals surface area contributed by atoms with E-state index in [1.165, 1.54) is 6.20 Å². The third-order valence-corrected chi connectivity index (χ3v) is 6.87. The molecule has 2 heterocycles. The first kappa shape index (κ1) is 20.0. The molecule has 0 radical (unpaired) electrons. The number of carbonyl (C=O) groups is 1. The fraction of sp³-hybridized carbons (Fsp3) is 0.174. The Morgan fingerprint density at radius 1 is 0.933 bits per heavy atom. The number of hydrogen-bond acceptors (Lipinski definition) is 5. The maximum atomic E-state index is 12.8. The average Bonchev–Trinajstić information content (AvgIpc) is 3.25. The van der Waals surface area contributed by atoms with Crippen LogP contribution in [0.25, 0.3) is 5.78 Å². The third kappa shape index (κ3) is 4.02. The third-order valence-electron chi connectivity index (χ3n) is 5.08. The summed E-state index contributed by atoms with van der Waals surface area (Å²) in [5.74, 6) is 0.526. The lowest BCUT2D eigenvalue weighted by molar-refractivity contribution is 0.0982. The number of rotatable bonds is 7. The van der Waals surface area contributed by atoms with E-state index in [2.05, 4.69) is 9.97 Å². The van der Waals surface area contributed by atoms with Gasteiger partial charge < -0.3 is 0 Å². The predicted molar refractivity (Wildman–Crippen MR) is 113 cm³/mol. The second kappa shape index (κ2) is 8.20. The lowest BCUT2D eigenvalue weighted by Crippen LogP contribution is -2.05. The van der Waals surface area contributed by atoms with Gasteiger partial charge in [-0.2, -0.15) is 0 Å². The maximum Gasteiger partial charge on any atom is 0.233 e. The zero-order valence-corrected chi connectivity index (χ0v) is 17.3. The number of aromatic nitrogens is 3. The van der Waals surface area contributed by atoms with Gasteiger partial charge >= 0.3 is 0 Å². The standard InChI is InChI=1S/C23H21N3O3S/c1-2-17-3-8-20(9-4-17)30(28,29)21-10-5-18(6-11-21)7-12-22(27)19-15-25-23-24-13-14-26(23)16-19/h3-6,8-11,13-16H,2,7,12H2,1H3. The van der Waals surface area contributed by atoms with E-state index in [0.717, 1.165) is 17.5 Å². The first-order valence-corrected chi connectivity index (χ1v) is 11.2. The molecule has 2 aromatic heterocycles. The van der Waals surface area contributed by atoms with Crippen LogP contribution in [0.4, 0.5) is 0 Å². The van der Waals surface area contributed by atoms with Crippen molar-refractivity contribution in [1.29, 1.82) is 0 Å². The van der Waals surface area contributed by atoms with Crippen molar-refractivity contribution in [2.24, 2.45) is 0 Å². The number of aryl methyl sites for hydroxylation is 2. The molecule has 0 N–H and O–H groups in total. The molecule has 0 aliphatic heterocycles. The Labute approximate surface area is 175 Å². The van der Waals surface area contributed by atoms with Crippen LogP contribution in [0.5, 0.6) is 0 Å². The van der Waals surface area contributed by atoms with Crippen molar-refractivity contribution in [3.63, 3.8) is 0 Å². The Kier molecular flexibility index (Phi) is 5.46. The van der Waals surface area contributed by atoms with Gasteiger partial charge in [0, 0.05) is 31.2 Å². The summed E-state index contributed by atoms with van der Waals surface area (Å²) in [6, 6.07) is 13.7. The highest BCUT2D eigenvalue weighted by atomic mass is 32.2. The molecule has 30 heavy (non-hydrogen) atoms. The molecule has 0 aliphatic rings. The number of carbonyl (C=O) groups excluding carboxylic acids is 1. The Balaban J connectivity index is 1.44. The van der Waals surface area contributed by atoms with Crippen LogP contribution >= 0.6 is 0 Å². The molecule has 7 heteroatoms. The molecule has 0 amide bonds. The molecule has 2 aromatic carbocycles. The number of fused-ring (bicyclic) bond motifs is 1. The van der Waals surface area contributed by atoms with E-state index in [1.54, 1.807) is 59.4 Å². The summed E-state index contributed by atoms with van der Waals surface area (Å²) >= 11 is 0. The second-order valence-electron chi connectivity index (χ2n) is 7.05. The van der Waals surface area contributed by atoms with Crippen LogP contribution in [0.3, 0.4) is 0 Å². The number of ketones is 1. The summed E-state index contributed by atoms with van der Waals surface area (Å²) in [6.07, 6.45) is 8.32. The number of hydrogen-bond donors (Lipinski definition) is 0. The molecule has 0 fully saturated rings. The van der Waals surface area contributed by atoms with E-state index < -0.39 is 9.84 Å². The lowest BCUT2D eigenvalue weighted by Gasteiger charge is -2.07.